The van der Waals surface area contributed by atoms with Crippen molar-refractivity contribution in [3.8, 4) is 0 Å². The van der Waals surface area contributed by atoms with Crippen molar-refractivity contribution >= 4 is 17.7 Å². The maximum absolute atomic E-state index is 12.8. The summed E-state index contributed by atoms with van der Waals surface area (Å²) in [5.74, 6) is -1.15. The molecule has 4 rings (SSSR count). The Bertz CT molecular complexity index is 1110. The smallest absolute Gasteiger partial charge is 0.261 e. The van der Waals surface area contributed by atoms with E-state index in [1.54, 1.807) is 12.1 Å². The molecule has 1 aliphatic rings. The molecule has 0 saturated heterocycles. The number of fused-ring (bicyclic) bond motifs is 1. The van der Waals surface area contributed by atoms with Crippen molar-refractivity contribution in [1.82, 2.24) is 10.2 Å². The summed E-state index contributed by atoms with van der Waals surface area (Å²) in [5, 5.41) is 12.9. The number of rotatable bonds is 7. The van der Waals surface area contributed by atoms with Gasteiger partial charge >= 0.3 is 0 Å². The van der Waals surface area contributed by atoms with Crippen LogP contribution in [0.4, 0.5) is 0 Å². The first kappa shape index (κ1) is 20.5. The number of hydrogen-bond acceptors (Lipinski definition) is 4. The second kappa shape index (κ2) is 8.93. The zero-order valence-corrected chi connectivity index (χ0v) is 16.8. The van der Waals surface area contributed by atoms with E-state index in [2.05, 4.69) is 5.32 Å². The van der Waals surface area contributed by atoms with E-state index < -0.39 is 17.9 Å². The molecule has 3 aromatic rings. The fourth-order valence-electron chi connectivity index (χ4n) is 3.61. The molecule has 0 aromatic heterocycles. The van der Waals surface area contributed by atoms with Crippen LogP contribution in [0.3, 0.4) is 0 Å². The lowest BCUT2D eigenvalue weighted by atomic mass is 10.0. The van der Waals surface area contributed by atoms with E-state index in [9.17, 15) is 19.5 Å². The van der Waals surface area contributed by atoms with Gasteiger partial charge in [0.1, 0.15) is 0 Å². The minimum Gasteiger partial charge on any atom is -0.387 e. The van der Waals surface area contributed by atoms with Gasteiger partial charge in [0.2, 0.25) is 0 Å². The van der Waals surface area contributed by atoms with Crippen LogP contribution in [0.5, 0.6) is 0 Å². The molecule has 6 heteroatoms. The summed E-state index contributed by atoms with van der Waals surface area (Å²) in [6.07, 6.45) is -0.270. The minimum atomic E-state index is -0.837. The number of amides is 3. The molecule has 1 atom stereocenters. The SMILES string of the molecule is O=C(NCC(O)c1ccccc1)c1ccc2c(c1)C(=O)N(CCc1ccccc1)C2=O. The average Bonchev–Trinajstić information content (AvgIpc) is 3.06. The van der Waals surface area contributed by atoms with E-state index in [1.807, 2.05) is 48.5 Å². The maximum atomic E-state index is 12.8. The average molecular weight is 414 g/mol. The van der Waals surface area contributed by atoms with E-state index >= 15 is 0 Å². The molecule has 0 saturated carbocycles. The lowest BCUT2D eigenvalue weighted by Gasteiger charge is -2.13. The Morgan fingerprint density at radius 3 is 2.23 bits per heavy atom. The van der Waals surface area contributed by atoms with E-state index in [0.717, 1.165) is 5.56 Å². The van der Waals surface area contributed by atoms with Crippen LogP contribution in [-0.2, 0) is 6.42 Å². The minimum absolute atomic E-state index is 0.0377. The molecule has 1 aliphatic heterocycles. The van der Waals surface area contributed by atoms with Gasteiger partial charge < -0.3 is 10.4 Å². The van der Waals surface area contributed by atoms with Gasteiger partial charge in [-0.15, -0.1) is 0 Å². The molecule has 31 heavy (non-hydrogen) atoms. The number of aliphatic hydroxyl groups excluding tert-OH is 1. The molecular weight excluding hydrogens is 392 g/mol. The van der Waals surface area contributed by atoms with Gasteiger partial charge in [-0.2, -0.15) is 0 Å². The summed E-state index contributed by atoms with van der Waals surface area (Å²) in [6, 6.07) is 23.2. The molecule has 1 unspecified atom stereocenters. The van der Waals surface area contributed by atoms with Crippen molar-refractivity contribution in [2.75, 3.05) is 13.1 Å². The first-order chi connectivity index (χ1) is 15.0. The third kappa shape index (κ3) is 4.39. The number of hydrogen-bond donors (Lipinski definition) is 2. The molecule has 3 aromatic carbocycles. The van der Waals surface area contributed by atoms with Gasteiger partial charge in [0.25, 0.3) is 17.7 Å². The number of imide groups is 1. The van der Waals surface area contributed by atoms with Gasteiger partial charge in [0.15, 0.2) is 0 Å². The second-order valence-electron chi connectivity index (χ2n) is 7.39. The van der Waals surface area contributed by atoms with Crippen LogP contribution in [0.15, 0.2) is 78.9 Å². The monoisotopic (exact) mass is 414 g/mol. The maximum Gasteiger partial charge on any atom is 0.261 e. The zero-order chi connectivity index (χ0) is 21.8. The summed E-state index contributed by atoms with van der Waals surface area (Å²) in [7, 11) is 0. The topological polar surface area (TPSA) is 86.7 Å². The first-order valence-electron chi connectivity index (χ1n) is 10.1. The highest BCUT2D eigenvalue weighted by Gasteiger charge is 2.35. The fourth-order valence-corrected chi connectivity index (χ4v) is 3.61. The molecule has 0 spiro atoms. The highest BCUT2D eigenvalue weighted by Crippen LogP contribution is 2.24. The van der Waals surface area contributed by atoms with Crippen LogP contribution in [0.1, 0.15) is 48.3 Å². The molecule has 3 amide bonds. The van der Waals surface area contributed by atoms with E-state index in [4.69, 9.17) is 0 Å². The molecule has 0 radical (unpaired) electrons. The Morgan fingerprint density at radius 2 is 1.52 bits per heavy atom. The predicted molar refractivity (Wildman–Crippen MR) is 116 cm³/mol. The number of aliphatic hydroxyl groups is 1. The van der Waals surface area contributed by atoms with E-state index in [1.165, 1.54) is 23.1 Å². The highest BCUT2D eigenvalue weighted by atomic mass is 16.3. The highest BCUT2D eigenvalue weighted by molar-refractivity contribution is 6.22. The predicted octanol–water partition coefficient (Wildman–Crippen LogP) is 2.99. The number of carbonyl (C=O) groups is 3. The zero-order valence-electron chi connectivity index (χ0n) is 16.8. The third-order valence-corrected chi connectivity index (χ3v) is 5.34. The molecular formula is C25H22N2O4. The van der Waals surface area contributed by atoms with Crippen LogP contribution in [0, 0.1) is 0 Å². The van der Waals surface area contributed by atoms with Crippen molar-refractivity contribution in [2.45, 2.75) is 12.5 Å². The van der Waals surface area contributed by atoms with E-state index in [-0.39, 0.29) is 30.1 Å². The second-order valence-corrected chi connectivity index (χ2v) is 7.39. The van der Waals surface area contributed by atoms with Crippen molar-refractivity contribution in [3.63, 3.8) is 0 Å². The van der Waals surface area contributed by atoms with Gasteiger partial charge in [-0.3, -0.25) is 19.3 Å². The first-order valence-corrected chi connectivity index (χ1v) is 10.1. The van der Waals surface area contributed by atoms with Crippen LogP contribution in [0.25, 0.3) is 0 Å². The lowest BCUT2D eigenvalue weighted by Crippen LogP contribution is -2.31. The van der Waals surface area contributed by atoms with Crippen molar-refractivity contribution in [1.29, 1.82) is 0 Å². The van der Waals surface area contributed by atoms with Gasteiger partial charge in [-0.25, -0.2) is 0 Å². The van der Waals surface area contributed by atoms with Gasteiger partial charge in [-0.1, -0.05) is 60.7 Å². The summed E-state index contributed by atoms with van der Waals surface area (Å²) >= 11 is 0. The Hall–Kier alpha value is -3.77. The Labute approximate surface area is 180 Å². The molecule has 1 heterocycles. The number of nitrogens with zero attached hydrogens (tertiary/aromatic N) is 1. The van der Waals surface area contributed by atoms with Crippen LogP contribution < -0.4 is 5.32 Å². The van der Waals surface area contributed by atoms with Crippen molar-refractivity contribution in [2.24, 2.45) is 0 Å². The van der Waals surface area contributed by atoms with E-state index in [0.29, 0.717) is 17.5 Å². The number of nitrogens with one attached hydrogen (secondary N) is 1. The summed E-state index contributed by atoms with van der Waals surface area (Å²) < 4.78 is 0. The van der Waals surface area contributed by atoms with Crippen molar-refractivity contribution in [3.05, 3.63) is 107 Å². The third-order valence-electron chi connectivity index (χ3n) is 5.34. The largest absolute Gasteiger partial charge is 0.387 e. The lowest BCUT2D eigenvalue weighted by molar-refractivity contribution is 0.0656. The standard InChI is InChI=1S/C25H22N2O4/c28-22(18-9-5-2-6-10-18)16-26-23(29)19-11-12-20-21(15-19)25(31)27(24(20)30)14-13-17-7-3-1-4-8-17/h1-12,15,22,28H,13-14,16H2,(H,26,29). The van der Waals surface area contributed by atoms with Crippen LogP contribution in [-0.4, -0.2) is 40.8 Å². The quantitative estimate of drug-likeness (QED) is 0.582. The normalized spacial score (nSPS) is 13.8. The summed E-state index contributed by atoms with van der Waals surface area (Å²) in [6.45, 7) is 0.317. The number of benzene rings is 3. The van der Waals surface area contributed by atoms with Gasteiger partial charge in [0.05, 0.1) is 17.2 Å². The molecule has 156 valence electrons. The van der Waals surface area contributed by atoms with Gasteiger partial charge in [-0.05, 0) is 35.7 Å². The molecule has 0 fully saturated rings. The molecule has 6 nitrogen and oxygen atoms in total. The summed E-state index contributed by atoms with van der Waals surface area (Å²) in [5.41, 5.74) is 2.54. The fraction of sp³-hybridized carbons (Fsp3) is 0.160. The Kier molecular flexibility index (Phi) is 5.91. The van der Waals surface area contributed by atoms with Gasteiger partial charge in [0, 0.05) is 18.7 Å². The van der Waals surface area contributed by atoms with Crippen LogP contribution >= 0.6 is 0 Å². The summed E-state index contributed by atoms with van der Waals surface area (Å²) in [4.78, 5) is 39.2. The Morgan fingerprint density at radius 1 is 0.871 bits per heavy atom. The van der Waals surface area contributed by atoms with Crippen molar-refractivity contribution < 1.29 is 19.5 Å². The number of carbonyl (C=O) groups excluding carboxylic acids is 3. The molecule has 2 N–H and O–H groups in total. The molecule has 0 aliphatic carbocycles. The molecule has 0 bridgehead atoms. The Balaban J connectivity index is 1.42. The van der Waals surface area contributed by atoms with Crippen LogP contribution in [0.2, 0.25) is 0 Å².